The Morgan fingerprint density at radius 1 is 1.09 bits per heavy atom. The smallest absolute Gasteiger partial charge is 0.316 e. The molecule has 1 heterocycles. The van der Waals surface area contributed by atoms with Crippen LogP contribution in [0.15, 0.2) is 21.7 Å². The number of rotatable bonds is 5. The van der Waals surface area contributed by atoms with E-state index in [-0.39, 0.29) is 6.54 Å². The van der Waals surface area contributed by atoms with Crippen LogP contribution in [-0.4, -0.2) is 54.9 Å². The monoisotopic (exact) mass is 324 g/mol. The third-order valence-electron chi connectivity index (χ3n) is 3.94. The van der Waals surface area contributed by atoms with Crippen molar-refractivity contribution in [2.75, 3.05) is 6.61 Å². The average molecular weight is 324 g/mol. The van der Waals surface area contributed by atoms with Gasteiger partial charge in [-0.25, -0.2) is 0 Å². The first-order chi connectivity index (χ1) is 10.8. The Kier molecular flexibility index (Phi) is 5.00. The summed E-state index contributed by atoms with van der Waals surface area (Å²) in [5, 5.41) is 37.9. The Morgan fingerprint density at radius 2 is 1.70 bits per heavy atom. The molecule has 0 unspecified atom stereocenters. The first-order valence-corrected chi connectivity index (χ1v) is 7.15. The highest BCUT2D eigenvalue weighted by molar-refractivity contribution is 5.76. The van der Waals surface area contributed by atoms with Gasteiger partial charge in [0.2, 0.25) is 0 Å². The van der Waals surface area contributed by atoms with E-state index in [4.69, 9.17) is 5.11 Å². The van der Waals surface area contributed by atoms with Crippen LogP contribution >= 0.6 is 0 Å². The van der Waals surface area contributed by atoms with Crippen molar-refractivity contribution in [3.63, 3.8) is 0 Å². The van der Waals surface area contributed by atoms with Crippen LogP contribution < -0.4 is 11.1 Å². The lowest BCUT2D eigenvalue weighted by Gasteiger charge is -2.22. The van der Waals surface area contributed by atoms with Gasteiger partial charge in [0.05, 0.1) is 24.2 Å². The van der Waals surface area contributed by atoms with E-state index in [1.54, 1.807) is 12.1 Å². The number of aromatic amines is 1. The molecule has 0 aliphatic heterocycles. The van der Waals surface area contributed by atoms with Crippen molar-refractivity contribution >= 4 is 11.0 Å². The number of aromatic nitrogens is 2. The molecule has 0 amide bonds. The SMILES string of the molecule is Cc1cc2[nH]c(=O)c(=O)n(C[C@H](O)[C@@H](O)[C@H](O)CO)c2cc1C. The van der Waals surface area contributed by atoms with E-state index < -0.39 is 36.0 Å². The van der Waals surface area contributed by atoms with Crippen molar-refractivity contribution in [2.45, 2.75) is 38.7 Å². The Bertz CT molecular complexity index is 825. The normalized spacial score (nSPS) is 15.6. The number of fused-ring (bicyclic) bond motifs is 1. The van der Waals surface area contributed by atoms with Crippen LogP contribution in [0.5, 0.6) is 0 Å². The summed E-state index contributed by atoms with van der Waals surface area (Å²) in [6, 6.07) is 3.41. The number of benzene rings is 1. The lowest BCUT2D eigenvalue weighted by Crippen LogP contribution is -2.45. The molecule has 0 fully saturated rings. The maximum Gasteiger partial charge on any atom is 0.316 e. The van der Waals surface area contributed by atoms with Gasteiger partial charge in [0.25, 0.3) is 0 Å². The number of aryl methyl sites for hydroxylation is 2. The maximum atomic E-state index is 12.1. The van der Waals surface area contributed by atoms with Crippen LogP contribution in [0, 0.1) is 13.8 Å². The highest BCUT2D eigenvalue weighted by atomic mass is 16.4. The minimum atomic E-state index is -1.65. The summed E-state index contributed by atoms with van der Waals surface area (Å²) in [5.74, 6) is 0. The van der Waals surface area contributed by atoms with Gasteiger partial charge in [-0.15, -0.1) is 0 Å². The molecule has 0 spiro atoms. The number of hydrogen-bond acceptors (Lipinski definition) is 6. The fourth-order valence-corrected chi connectivity index (χ4v) is 2.37. The topological polar surface area (TPSA) is 136 Å². The molecule has 0 aliphatic rings. The summed E-state index contributed by atoms with van der Waals surface area (Å²) in [4.78, 5) is 26.3. The second kappa shape index (κ2) is 6.63. The number of nitrogens with one attached hydrogen (secondary N) is 1. The molecule has 1 aromatic carbocycles. The Morgan fingerprint density at radius 3 is 2.30 bits per heavy atom. The van der Waals surface area contributed by atoms with E-state index >= 15 is 0 Å². The largest absolute Gasteiger partial charge is 0.394 e. The second-order valence-corrected chi connectivity index (χ2v) is 5.63. The van der Waals surface area contributed by atoms with E-state index in [1.165, 1.54) is 0 Å². The molecule has 1 aromatic heterocycles. The molecule has 8 nitrogen and oxygen atoms in total. The van der Waals surface area contributed by atoms with Crippen LogP contribution in [0.25, 0.3) is 11.0 Å². The summed E-state index contributed by atoms with van der Waals surface area (Å²) in [5.41, 5.74) is 0.943. The zero-order valence-corrected chi connectivity index (χ0v) is 12.9. The van der Waals surface area contributed by atoms with Gasteiger partial charge in [-0.05, 0) is 37.1 Å². The number of H-pyrrole nitrogens is 1. The van der Waals surface area contributed by atoms with Gasteiger partial charge in [0, 0.05) is 0 Å². The van der Waals surface area contributed by atoms with Crippen LogP contribution in [0.2, 0.25) is 0 Å². The van der Waals surface area contributed by atoms with Gasteiger partial charge in [0.1, 0.15) is 18.3 Å². The summed E-state index contributed by atoms with van der Waals surface area (Å²) < 4.78 is 1.05. The molecule has 3 atom stereocenters. The maximum absolute atomic E-state index is 12.1. The van der Waals surface area contributed by atoms with Gasteiger partial charge in [-0.1, -0.05) is 0 Å². The van der Waals surface area contributed by atoms with E-state index in [9.17, 15) is 24.9 Å². The number of nitrogens with zero attached hydrogens (tertiary/aromatic N) is 1. The zero-order chi connectivity index (χ0) is 17.3. The van der Waals surface area contributed by atoms with Crippen LogP contribution in [0.4, 0.5) is 0 Å². The third kappa shape index (κ3) is 3.35. The van der Waals surface area contributed by atoms with Crippen molar-refractivity contribution in [3.05, 3.63) is 44.0 Å². The first-order valence-electron chi connectivity index (χ1n) is 7.15. The van der Waals surface area contributed by atoms with E-state index in [1.807, 2.05) is 13.8 Å². The van der Waals surface area contributed by atoms with Crippen molar-refractivity contribution < 1.29 is 20.4 Å². The lowest BCUT2D eigenvalue weighted by atomic mass is 10.1. The highest BCUT2D eigenvalue weighted by Gasteiger charge is 2.25. The van der Waals surface area contributed by atoms with Crippen molar-refractivity contribution in [2.24, 2.45) is 0 Å². The molecular formula is C15H20N2O6. The summed E-state index contributed by atoms with van der Waals surface area (Å²) in [6.45, 7) is 2.58. The van der Waals surface area contributed by atoms with Crippen LogP contribution in [-0.2, 0) is 6.54 Å². The molecule has 8 heteroatoms. The lowest BCUT2D eigenvalue weighted by molar-refractivity contribution is -0.0805. The van der Waals surface area contributed by atoms with Gasteiger partial charge in [0.15, 0.2) is 0 Å². The Balaban J connectivity index is 2.55. The Labute approximate surface area is 131 Å². The molecule has 0 bridgehead atoms. The fraction of sp³-hybridized carbons (Fsp3) is 0.467. The molecule has 23 heavy (non-hydrogen) atoms. The minimum Gasteiger partial charge on any atom is -0.394 e. The van der Waals surface area contributed by atoms with Crippen molar-refractivity contribution in [3.8, 4) is 0 Å². The quantitative estimate of drug-likeness (QED) is 0.420. The molecule has 0 aliphatic carbocycles. The van der Waals surface area contributed by atoms with E-state index in [0.717, 1.165) is 15.7 Å². The predicted octanol–water partition coefficient (Wildman–Crippen LogP) is -1.62. The standard InChI is InChI=1S/C15H20N2O6/c1-7-3-9-10(4-8(7)2)17(15(23)14(22)16-9)5-11(19)13(21)12(20)6-18/h3-4,11-13,18-21H,5-6H2,1-2H3,(H,16,22)/t11-,12+,13+/m0/s1. The minimum absolute atomic E-state index is 0.389. The average Bonchev–Trinajstić information content (AvgIpc) is 2.52. The molecule has 5 N–H and O–H groups in total. The zero-order valence-electron chi connectivity index (χ0n) is 12.9. The second-order valence-electron chi connectivity index (χ2n) is 5.63. The number of aliphatic hydroxyl groups excluding tert-OH is 4. The van der Waals surface area contributed by atoms with Crippen molar-refractivity contribution in [1.29, 1.82) is 0 Å². The number of aliphatic hydroxyl groups is 4. The predicted molar refractivity (Wildman–Crippen MR) is 83.4 cm³/mol. The van der Waals surface area contributed by atoms with Gasteiger partial charge in [-0.2, -0.15) is 0 Å². The molecule has 126 valence electrons. The molecule has 0 saturated heterocycles. The van der Waals surface area contributed by atoms with Crippen LogP contribution in [0.1, 0.15) is 11.1 Å². The molecule has 2 rings (SSSR count). The fourth-order valence-electron chi connectivity index (χ4n) is 2.37. The van der Waals surface area contributed by atoms with Gasteiger partial charge < -0.3 is 25.4 Å². The highest BCUT2D eigenvalue weighted by Crippen LogP contribution is 2.16. The Hall–Kier alpha value is -2.00. The summed E-state index contributed by atoms with van der Waals surface area (Å²) >= 11 is 0. The summed E-state index contributed by atoms with van der Waals surface area (Å²) in [7, 11) is 0. The van der Waals surface area contributed by atoms with E-state index in [2.05, 4.69) is 4.98 Å². The third-order valence-corrected chi connectivity index (χ3v) is 3.94. The molecule has 0 saturated carbocycles. The van der Waals surface area contributed by atoms with E-state index in [0.29, 0.717) is 11.0 Å². The molecular weight excluding hydrogens is 304 g/mol. The van der Waals surface area contributed by atoms with Gasteiger partial charge in [-0.3, -0.25) is 14.2 Å². The van der Waals surface area contributed by atoms with Crippen molar-refractivity contribution in [1.82, 2.24) is 9.55 Å². The molecule has 0 radical (unpaired) electrons. The molecule has 2 aromatic rings. The van der Waals surface area contributed by atoms with Crippen LogP contribution in [0.3, 0.4) is 0 Å². The first kappa shape index (κ1) is 17.4. The van der Waals surface area contributed by atoms with Gasteiger partial charge >= 0.3 is 11.1 Å². The number of hydrogen-bond donors (Lipinski definition) is 5. The summed E-state index contributed by atoms with van der Waals surface area (Å²) in [6.07, 6.45) is -4.72.